The third kappa shape index (κ3) is 3.58. The average molecular weight is 382 g/mol. The van der Waals surface area contributed by atoms with Crippen molar-refractivity contribution in [1.82, 2.24) is 4.98 Å². The Labute approximate surface area is 168 Å². The molecule has 2 aromatic carbocycles. The first kappa shape index (κ1) is 18.4. The number of pyridine rings is 1. The molecule has 0 radical (unpaired) electrons. The molecule has 1 unspecified atom stereocenters. The number of para-hydroxylation sites is 1. The number of rotatable bonds is 3. The van der Waals surface area contributed by atoms with Gasteiger partial charge in [-0.05, 0) is 61.4 Å². The Bertz CT molecular complexity index is 1130. The summed E-state index contributed by atoms with van der Waals surface area (Å²) in [6, 6.07) is 19.5. The van der Waals surface area contributed by atoms with E-state index in [-0.39, 0.29) is 23.6 Å². The maximum Gasteiger partial charge on any atom is 0.277 e. The first-order valence-electron chi connectivity index (χ1n) is 9.26. The van der Waals surface area contributed by atoms with Gasteiger partial charge in [0.25, 0.3) is 11.8 Å². The second-order valence-corrected chi connectivity index (χ2v) is 6.93. The molecule has 1 aliphatic rings. The van der Waals surface area contributed by atoms with E-state index in [9.17, 15) is 9.59 Å². The van der Waals surface area contributed by atoms with Crippen LogP contribution in [0.3, 0.4) is 0 Å². The largest absolute Gasteiger partial charge is 0.322 e. The van der Waals surface area contributed by atoms with Gasteiger partial charge in [-0.3, -0.25) is 14.6 Å². The van der Waals surface area contributed by atoms with Crippen molar-refractivity contribution in [2.45, 2.75) is 19.4 Å². The molecule has 3 aromatic rings. The van der Waals surface area contributed by atoms with Crippen molar-refractivity contribution >= 4 is 23.2 Å². The van der Waals surface area contributed by atoms with E-state index in [1.165, 1.54) is 12.3 Å². The number of anilines is 2. The summed E-state index contributed by atoms with van der Waals surface area (Å²) < 4.78 is 0. The van der Waals surface area contributed by atoms with Gasteiger partial charge in [0.05, 0.1) is 11.6 Å². The van der Waals surface area contributed by atoms with E-state index in [4.69, 9.17) is 5.26 Å². The highest BCUT2D eigenvalue weighted by Crippen LogP contribution is 2.32. The first-order valence-corrected chi connectivity index (χ1v) is 9.26. The number of aromatic nitrogens is 1. The number of hydrogen-bond acceptors (Lipinski definition) is 4. The van der Waals surface area contributed by atoms with Crippen molar-refractivity contribution in [3.8, 4) is 6.07 Å². The summed E-state index contributed by atoms with van der Waals surface area (Å²) in [5.74, 6) is -0.573. The Morgan fingerprint density at radius 2 is 1.90 bits per heavy atom. The second kappa shape index (κ2) is 7.56. The van der Waals surface area contributed by atoms with Crippen LogP contribution in [0.15, 0.2) is 66.9 Å². The summed E-state index contributed by atoms with van der Waals surface area (Å²) in [5.41, 5.74) is 3.66. The highest BCUT2D eigenvalue weighted by Gasteiger charge is 2.32. The molecule has 2 amide bonds. The Morgan fingerprint density at radius 1 is 1.14 bits per heavy atom. The summed E-state index contributed by atoms with van der Waals surface area (Å²) >= 11 is 0. The smallest absolute Gasteiger partial charge is 0.277 e. The van der Waals surface area contributed by atoms with E-state index >= 15 is 0 Å². The molecule has 1 N–H and O–H groups in total. The number of amides is 2. The van der Waals surface area contributed by atoms with Crippen LogP contribution in [0.25, 0.3) is 0 Å². The molecular formula is C23H18N4O2. The maximum atomic E-state index is 13.1. The van der Waals surface area contributed by atoms with Crippen LogP contribution in [0.5, 0.6) is 0 Å². The fourth-order valence-corrected chi connectivity index (χ4v) is 3.52. The molecule has 0 aliphatic carbocycles. The minimum Gasteiger partial charge on any atom is -0.322 e. The highest BCUT2D eigenvalue weighted by atomic mass is 16.2. The molecule has 0 bridgehead atoms. The van der Waals surface area contributed by atoms with Crippen LogP contribution in [0, 0.1) is 11.3 Å². The molecule has 0 spiro atoms. The zero-order valence-electron chi connectivity index (χ0n) is 15.8. The molecule has 2 heterocycles. The van der Waals surface area contributed by atoms with E-state index in [1.54, 1.807) is 35.2 Å². The molecule has 0 fully saturated rings. The van der Waals surface area contributed by atoms with Gasteiger partial charge < -0.3 is 10.2 Å². The van der Waals surface area contributed by atoms with Crippen LogP contribution in [0.4, 0.5) is 11.4 Å². The monoisotopic (exact) mass is 382 g/mol. The van der Waals surface area contributed by atoms with E-state index in [0.29, 0.717) is 16.8 Å². The fraction of sp³-hybridized carbons (Fsp3) is 0.130. The topological polar surface area (TPSA) is 86.1 Å². The van der Waals surface area contributed by atoms with E-state index in [0.717, 1.165) is 17.7 Å². The number of nitrogens with one attached hydrogen (secondary N) is 1. The zero-order chi connectivity index (χ0) is 20.4. The van der Waals surface area contributed by atoms with Crippen LogP contribution < -0.4 is 10.2 Å². The summed E-state index contributed by atoms with van der Waals surface area (Å²) in [6.07, 6.45) is 2.26. The third-order valence-electron chi connectivity index (χ3n) is 4.94. The average Bonchev–Trinajstić information content (AvgIpc) is 3.09. The number of carbonyl (C=O) groups excluding carboxylic acids is 2. The molecule has 6 heteroatoms. The number of carbonyl (C=O) groups is 2. The SMILES string of the molecule is CC1Cc2ccccc2N1C(=O)c1cc(C(=O)Nc2ccc(C#N)cc2)ccn1. The molecule has 142 valence electrons. The summed E-state index contributed by atoms with van der Waals surface area (Å²) in [6.45, 7) is 2.00. The van der Waals surface area contributed by atoms with Crippen LogP contribution >= 0.6 is 0 Å². The Morgan fingerprint density at radius 3 is 2.66 bits per heavy atom. The van der Waals surface area contributed by atoms with E-state index in [1.807, 2.05) is 37.3 Å². The fourth-order valence-electron chi connectivity index (χ4n) is 3.52. The first-order chi connectivity index (χ1) is 14.1. The van der Waals surface area contributed by atoms with Crippen molar-refractivity contribution in [2.24, 2.45) is 0 Å². The molecule has 29 heavy (non-hydrogen) atoms. The molecule has 1 aliphatic heterocycles. The lowest BCUT2D eigenvalue weighted by Crippen LogP contribution is -2.36. The standard InChI is InChI=1S/C23H18N4O2/c1-15-12-17-4-2-3-5-21(17)27(15)23(29)20-13-18(10-11-25-20)22(28)26-19-8-6-16(14-24)7-9-19/h2-11,13,15H,12H2,1H3,(H,26,28). The van der Waals surface area contributed by atoms with Crippen LogP contribution in [0.2, 0.25) is 0 Å². The number of nitrogens with zero attached hydrogens (tertiary/aromatic N) is 3. The lowest BCUT2D eigenvalue weighted by molar-refractivity contribution is 0.0976. The summed E-state index contributed by atoms with van der Waals surface area (Å²) in [4.78, 5) is 31.7. The number of hydrogen-bond donors (Lipinski definition) is 1. The molecular weight excluding hydrogens is 364 g/mol. The predicted octanol–water partition coefficient (Wildman–Crippen LogP) is 3.80. The number of fused-ring (bicyclic) bond motifs is 1. The van der Waals surface area contributed by atoms with Crippen molar-refractivity contribution < 1.29 is 9.59 Å². The minimum atomic E-state index is -0.346. The van der Waals surface area contributed by atoms with Gasteiger partial charge in [0.1, 0.15) is 5.69 Å². The van der Waals surface area contributed by atoms with Gasteiger partial charge in [-0.1, -0.05) is 18.2 Å². The van der Waals surface area contributed by atoms with E-state index in [2.05, 4.69) is 10.3 Å². The lowest BCUT2D eigenvalue weighted by Gasteiger charge is -2.22. The van der Waals surface area contributed by atoms with Crippen molar-refractivity contribution in [3.63, 3.8) is 0 Å². The van der Waals surface area contributed by atoms with Crippen LogP contribution in [-0.2, 0) is 6.42 Å². The van der Waals surface area contributed by atoms with Crippen LogP contribution in [0.1, 0.15) is 38.9 Å². The third-order valence-corrected chi connectivity index (χ3v) is 4.94. The molecule has 0 saturated heterocycles. The zero-order valence-corrected chi connectivity index (χ0v) is 15.8. The van der Waals surface area contributed by atoms with Crippen LogP contribution in [-0.4, -0.2) is 22.8 Å². The van der Waals surface area contributed by atoms with Gasteiger partial charge in [0.15, 0.2) is 0 Å². The van der Waals surface area contributed by atoms with Crippen molar-refractivity contribution in [2.75, 3.05) is 10.2 Å². The van der Waals surface area contributed by atoms with Gasteiger partial charge in [-0.2, -0.15) is 5.26 Å². The minimum absolute atomic E-state index is 0.0258. The van der Waals surface area contributed by atoms with Crippen molar-refractivity contribution in [1.29, 1.82) is 5.26 Å². The summed E-state index contributed by atoms with van der Waals surface area (Å²) in [7, 11) is 0. The molecule has 1 aromatic heterocycles. The Hall–Kier alpha value is -3.98. The number of nitriles is 1. The molecule has 6 nitrogen and oxygen atoms in total. The predicted molar refractivity (Wildman–Crippen MR) is 110 cm³/mol. The maximum absolute atomic E-state index is 13.1. The lowest BCUT2D eigenvalue weighted by atomic mass is 10.1. The Kier molecular flexibility index (Phi) is 4.80. The van der Waals surface area contributed by atoms with Gasteiger partial charge >= 0.3 is 0 Å². The van der Waals surface area contributed by atoms with Gasteiger partial charge in [0.2, 0.25) is 0 Å². The van der Waals surface area contributed by atoms with Gasteiger partial charge in [-0.15, -0.1) is 0 Å². The molecule has 0 saturated carbocycles. The Balaban J connectivity index is 1.56. The quantitative estimate of drug-likeness (QED) is 0.747. The second-order valence-electron chi connectivity index (χ2n) is 6.93. The van der Waals surface area contributed by atoms with Gasteiger partial charge in [0, 0.05) is 29.2 Å². The molecule has 4 rings (SSSR count). The number of benzene rings is 2. The normalized spacial score (nSPS) is 14.8. The van der Waals surface area contributed by atoms with Crippen molar-refractivity contribution in [3.05, 3.63) is 89.2 Å². The molecule has 1 atom stereocenters. The van der Waals surface area contributed by atoms with Gasteiger partial charge in [-0.25, -0.2) is 0 Å². The summed E-state index contributed by atoms with van der Waals surface area (Å²) in [5, 5.41) is 11.6. The highest BCUT2D eigenvalue weighted by molar-refractivity contribution is 6.09. The van der Waals surface area contributed by atoms with E-state index < -0.39 is 0 Å².